The second kappa shape index (κ2) is 7.35. The van der Waals surface area contributed by atoms with Gasteiger partial charge in [0.15, 0.2) is 5.78 Å². The van der Waals surface area contributed by atoms with Gasteiger partial charge in [0.1, 0.15) is 5.54 Å². The number of para-hydroxylation sites is 1. The highest BCUT2D eigenvalue weighted by Gasteiger charge is 2.64. The van der Waals surface area contributed by atoms with E-state index in [2.05, 4.69) is 10.3 Å². The molecule has 1 aromatic heterocycles. The Balaban J connectivity index is 1.73. The minimum Gasteiger partial charge on any atom is -0.324 e. The van der Waals surface area contributed by atoms with Gasteiger partial charge in [-0.05, 0) is 30.8 Å². The number of non-ortho nitro benzene ring substituents is 1. The normalized spacial score (nSPS) is 24.3. The molecule has 2 aliphatic rings. The second-order valence-electron chi connectivity index (χ2n) is 8.18. The van der Waals surface area contributed by atoms with Crippen molar-refractivity contribution in [3.05, 3.63) is 99.9 Å². The van der Waals surface area contributed by atoms with E-state index in [1.807, 2.05) is 36.2 Å². The SMILES string of the molecule is CN1C[C@H](c2cccc([N+](=O)[O-])c2)[C@H](C(=O)c2ccncc2)[C@]12C(=O)Nc1ccccc12. The number of hydrogen-bond acceptors (Lipinski definition) is 6. The van der Waals surface area contributed by atoms with Crippen molar-refractivity contribution in [1.29, 1.82) is 0 Å². The molecule has 160 valence electrons. The summed E-state index contributed by atoms with van der Waals surface area (Å²) in [6.45, 7) is 0.393. The Kier molecular flexibility index (Phi) is 4.60. The number of likely N-dealkylation sites (N-methyl/N-ethyl adjacent to an activating group) is 1. The fourth-order valence-corrected chi connectivity index (χ4v) is 5.26. The van der Waals surface area contributed by atoms with Gasteiger partial charge in [0.05, 0.1) is 10.8 Å². The molecule has 1 fully saturated rings. The van der Waals surface area contributed by atoms with Crippen LogP contribution >= 0.6 is 0 Å². The minimum atomic E-state index is -1.22. The number of rotatable bonds is 4. The van der Waals surface area contributed by atoms with Crippen LogP contribution in [0.2, 0.25) is 0 Å². The van der Waals surface area contributed by atoms with Crippen LogP contribution < -0.4 is 5.32 Å². The number of amides is 1. The second-order valence-corrected chi connectivity index (χ2v) is 8.18. The lowest BCUT2D eigenvalue weighted by molar-refractivity contribution is -0.384. The first kappa shape index (κ1) is 20.0. The zero-order valence-corrected chi connectivity index (χ0v) is 17.3. The molecule has 3 aromatic rings. The van der Waals surface area contributed by atoms with Crippen LogP contribution in [-0.4, -0.2) is 40.1 Å². The van der Waals surface area contributed by atoms with Gasteiger partial charge in [-0.2, -0.15) is 0 Å². The molecular formula is C24H20N4O4. The fraction of sp³-hybridized carbons (Fsp3) is 0.208. The lowest BCUT2D eigenvalue weighted by Crippen LogP contribution is -2.51. The maximum atomic E-state index is 13.9. The number of ketones is 1. The molecule has 1 amide bonds. The van der Waals surface area contributed by atoms with E-state index < -0.39 is 22.3 Å². The van der Waals surface area contributed by atoms with Crippen LogP contribution in [0.15, 0.2) is 73.1 Å². The molecule has 1 spiro atoms. The molecule has 8 nitrogen and oxygen atoms in total. The molecular weight excluding hydrogens is 408 g/mol. The third kappa shape index (κ3) is 2.76. The minimum absolute atomic E-state index is 0.0440. The quantitative estimate of drug-likeness (QED) is 0.388. The topological polar surface area (TPSA) is 105 Å². The third-order valence-electron chi connectivity index (χ3n) is 6.61. The fourth-order valence-electron chi connectivity index (χ4n) is 5.26. The summed E-state index contributed by atoms with van der Waals surface area (Å²) in [5.41, 5.74) is 1.27. The molecule has 2 aromatic carbocycles. The Bertz CT molecular complexity index is 1250. The molecule has 5 rings (SSSR count). The summed E-state index contributed by atoms with van der Waals surface area (Å²) in [5.74, 6) is -1.65. The zero-order valence-electron chi connectivity index (χ0n) is 17.3. The molecule has 2 aliphatic heterocycles. The van der Waals surface area contributed by atoms with Gasteiger partial charge in [0.2, 0.25) is 5.91 Å². The number of aromatic nitrogens is 1. The Hall–Kier alpha value is -3.91. The summed E-state index contributed by atoms with van der Waals surface area (Å²) in [5, 5.41) is 14.3. The Labute approximate surface area is 184 Å². The molecule has 0 bridgehead atoms. The number of likely N-dealkylation sites (tertiary alicyclic amines) is 1. The number of carbonyl (C=O) groups is 2. The average molecular weight is 428 g/mol. The Morgan fingerprint density at radius 2 is 1.91 bits per heavy atom. The number of nitrogens with zero attached hydrogens (tertiary/aromatic N) is 3. The largest absolute Gasteiger partial charge is 0.324 e. The number of fused-ring (bicyclic) bond motifs is 2. The average Bonchev–Trinajstić information content (AvgIpc) is 3.29. The van der Waals surface area contributed by atoms with E-state index >= 15 is 0 Å². The van der Waals surface area contributed by atoms with E-state index in [1.165, 1.54) is 12.1 Å². The van der Waals surface area contributed by atoms with Gasteiger partial charge in [0.25, 0.3) is 5.69 Å². The molecule has 0 aliphatic carbocycles. The molecule has 0 saturated carbocycles. The predicted molar refractivity (Wildman–Crippen MR) is 117 cm³/mol. The van der Waals surface area contributed by atoms with Crippen LogP contribution in [0.1, 0.15) is 27.4 Å². The number of pyridine rings is 1. The summed E-state index contributed by atoms with van der Waals surface area (Å²) in [6, 6.07) is 17.0. The van der Waals surface area contributed by atoms with E-state index in [0.717, 1.165) is 5.56 Å². The lowest BCUT2D eigenvalue weighted by Gasteiger charge is -2.35. The first-order valence-corrected chi connectivity index (χ1v) is 10.3. The van der Waals surface area contributed by atoms with Crippen molar-refractivity contribution in [1.82, 2.24) is 9.88 Å². The van der Waals surface area contributed by atoms with Crippen molar-refractivity contribution in [3.63, 3.8) is 0 Å². The number of hydrogen-bond donors (Lipinski definition) is 1. The summed E-state index contributed by atoms with van der Waals surface area (Å²) in [6.07, 6.45) is 3.09. The van der Waals surface area contributed by atoms with Gasteiger partial charge in [-0.25, -0.2) is 0 Å². The van der Waals surface area contributed by atoms with Crippen molar-refractivity contribution in [3.8, 4) is 0 Å². The number of Topliss-reactive ketones (excluding diaryl/α,β-unsaturated/α-hetero) is 1. The highest BCUT2D eigenvalue weighted by molar-refractivity contribution is 6.12. The standard InChI is InChI=1S/C24H20N4O4/c1-27-14-18(16-5-4-6-17(13-16)28(31)32)21(22(29)15-9-11-25-12-10-15)24(27)19-7-2-3-8-20(19)26-23(24)30/h2-13,18,21H,14H2,1H3,(H,26,30)/t18-,21-,24-/m1/s1. The molecule has 3 atom stereocenters. The number of nitro groups is 1. The molecule has 3 heterocycles. The van der Waals surface area contributed by atoms with Crippen molar-refractivity contribution < 1.29 is 14.5 Å². The monoisotopic (exact) mass is 428 g/mol. The van der Waals surface area contributed by atoms with E-state index in [0.29, 0.717) is 23.4 Å². The van der Waals surface area contributed by atoms with Crippen LogP contribution in [0.3, 0.4) is 0 Å². The van der Waals surface area contributed by atoms with E-state index in [4.69, 9.17) is 0 Å². The smallest absolute Gasteiger partial charge is 0.269 e. The van der Waals surface area contributed by atoms with Gasteiger partial charge in [-0.15, -0.1) is 0 Å². The van der Waals surface area contributed by atoms with E-state index in [1.54, 1.807) is 36.7 Å². The molecule has 0 radical (unpaired) electrons. The summed E-state index contributed by atoms with van der Waals surface area (Å²) in [4.78, 5) is 44.3. The van der Waals surface area contributed by atoms with Gasteiger partial charge >= 0.3 is 0 Å². The van der Waals surface area contributed by atoms with Crippen molar-refractivity contribution in [2.24, 2.45) is 5.92 Å². The van der Waals surface area contributed by atoms with Crippen LogP contribution in [0.5, 0.6) is 0 Å². The lowest BCUT2D eigenvalue weighted by atomic mass is 9.70. The van der Waals surface area contributed by atoms with Crippen LogP contribution in [0.25, 0.3) is 0 Å². The Morgan fingerprint density at radius 1 is 1.16 bits per heavy atom. The number of nitrogens with one attached hydrogen (secondary N) is 1. The number of benzene rings is 2. The summed E-state index contributed by atoms with van der Waals surface area (Å²) >= 11 is 0. The maximum Gasteiger partial charge on any atom is 0.269 e. The molecule has 32 heavy (non-hydrogen) atoms. The predicted octanol–water partition coefficient (Wildman–Crippen LogP) is 3.37. The van der Waals surface area contributed by atoms with Crippen LogP contribution in [0, 0.1) is 16.0 Å². The van der Waals surface area contributed by atoms with Gasteiger partial charge in [-0.1, -0.05) is 30.3 Å². The third-order valence-corrected chi connectivity index (χ3v) is 6.61. The van der Waals surface area contributed by atoms with Gasteiger partial charge in [0, 0.05) is 53.8 Å². The molecule has 0 unspecified atom stereocenters. The highest BCUT2D eigenvalue weighted by Crippen LogP contribution is 2.55. The van der Waals surface area contributed by atoms with Gasteiger partial charge < -0.3 is 5.32 Å². The van der Waals surface area contributed by atoms with Crippen LogP contribution in [-0.2, 0) is 10.3 Å². The zero-order chi connectivity index (χ0) is 22.5. The first-order chi connectivity index (χ1) is 15.4. The highest BCUT2D eigenvalue weighted by atomic mass is 16.6. The van der Waals surface area contributed by atoms with E-state index in [9.17, 15) is 19.7 Å². The summed E-state index contributed by atoms with van der Waals surface area (Å²) in [7, 11) is 1.83. The number of nitro benzene ring substituents is 1. The van der Waals surface area contributed by atoms with Crippen molar-refractivity contribution >= 4 is 23.1 Å². The molecule has 1 N–H and O–H groups in total. The van der Waals surface area contributed by atoms with Gasteiger partial charge in [-0.3, -0.25) is 29.6 Å². The number of anilines is 1. The number of carbonyl (C=O) groups excluding carboxylic acids is 2. The summed E-state index contributed by atoms with van der Waals surface area (Å²) < 4.78 is 0. The Morgan fingerprint density at radius 3 is 2.66 bits per heavy atom. The maximum absolute atomic E-state index is 13.9. The first-order valence-electron chi connectivity index (χ1n) is 10.3. The molecule has 8 heteroatoms. The van der Waals surface area contributed by atoms with Crippen molar-refractivity contribution in [2.45, 2.75) is 11.5 Å². The van der Waals surface area contributed by atoms with Crippen LogP contribution in [0.4, 0.5) is 11.4 Å². The van der Waals surface area contributed by atoms with Crippen molar-refractivity contribution in [2.75, 3.05) is 18.9 Å². The van der Waals surface area contributed by atoms with E-state index in [-0.39, 0.29) is 17.4 Å². The molecule has 1 saturated heterocycles.